The molecule has 0 saturated carbocycles. The maximum absolute atomic E-state index is 12.4. The molecule has 0 saturated heterocycles. The van der Waals surface area contributed by atoms with Gasteiger partial charge in [-0.15, -0.1) is 0 Å². The number of nitrogen functional groups attached to an aromatic ring is 1. The van der Waals surface area contributed by atoms with Gasteiger partial charge >= 0.3 is 0 Å². The van der Waals surface area contributed by atoms with E-state index in [1.165, 1.54) is 0 Å². The van der Waals surface area contributed by atoms with Gasteiger partial charge in [0.05, 0.1) is 0 Å². The molecule has 3 rings (SSSR count). The summed E-state index contributed by atoms with van der Waals surface area (Å²) in [6, 6.07) is 25.5. The van der Waals surface area contributed by atoms with Crippen LogP contribution < -0.4 is 5.73 Å². The van der Waals surface area contributed by atoms with Crippen molar-refractivity contribution in [3.8, 4) is 11.1 Å². The maximum Gasteiger partial charge on any atom is 0.162 e. The van der Waals surface area contributed by atoms with Gasteiger partial charge in [-0.1, -0.05) is 85.6 Å². The van der Waals surface area contributed by atoms with E-state index in [1.807, 2.05) is 66.7 Å². The zero-order chi connectivity index (χ0) is 21.2. The third-order valence-electron chi connectivity index (χ3n) is 5.37. The van der Waals surface area contributed by atoms with E-state index >= 15 is 0 Å². The van der Waals surface area contributed by atoms with E-state index in [2.05, 4.69) is 12.1 Å². The molecule has 0 aliphatic carbocycles. The van der Waals surface area contributed by atoms with Gasteiger partial charge in [0.25, 0.3) is 0 Å². The standard InChI is InChI=1S/C27H29NO2/c28-26-14-9-8-12-24(26)20-25(29)13-6-1-2-7-15-27(30)23-18-16-22(17-19-23)21-10-4-3-5-11-21/h3-5,8-12,14,16-19H,1-2,6-7,13,15,20,28H2. The number of ketones is 2. The van der Waals surface area contributed by atoms with Gasteiger partial charge in [0.1, 0.15) is 5.78 Å². The topological polar surface area (TPSA) is 60.2 Å². The highest BCUT2D eigenvalue weighted by Crippen LogP contribution is 2.20. The lowest BCUT2D eigenvalue weighted by Gasteiger charge is -2.06. The highest BCUT2D eigenvalue weighted by atomic mass is 16.1. The van der Waals surface area contributed by atoms with Crippen LogP contribution in [0.1, 0.15) is 54.4 Å². The summed E-state index contributed by atoms with van der Waals surface area (Å²) in [4.78, 5) is 24.5. The predicted octanol–water partition coefficient (Wildman–Crippen LogP) is 6.27. The van der Waals surface area contributed by atoms with Crippen LogP contribution in [0, 0.1) is 0 Å². The third-order valence-corrected chi connectivity index (χ3v) is 5.37. The highest BCUT2D eigenvalue weighted by Gasteiger charge is 2.08. The minimum absolute atomic E-state index is 0.185. The minimum Gasteiger partial charge on any atom is -0.398 e. The van der Waals surface area contributed by atoms with E-state index in [1.54, 1.807) is 0 Å². The summed E-state index contributed by atoms with van der Waals surface area (Å²) in [7, 11) is 0. The molecule has 3 nitrogen and oxygen atoms in total. The van der Waals surface area contributed by atoms with Crippen LogP contribution in [0.25, 0.3) is 11.1 Å². The zero-order valence-electron chi connectivity index (χ0n) is 17.3. The summed E-state index contributed by atoms with van der Waals surface area (Å²) >= 11 is 0. The predicted molar refractivity (Wildman–Crippen MR) is 123 cm³/mol. The molecule has 0 unspecified atom stereocenters. The molecule has 0 amide bonds. The fourth-order valence-electron chi connectivity index (χ4n) is 3.58. The number of nitrogens with two attached hydrogens (primary N) is 1. The molecule has 154 valence electrons. The molecule has 3 aromatic rings. The molecule has 2 N–H and O–H groups in total. The Morgan fingerprint density at radius 3 is 1.93 bits per heavy atom. The van der Waals surface area contributed by atoms with Crippen molar-refractivity contribution < 1.29 is 9.59 Å². The van der Waals surface area contributed by atoms with Gasteiger partial charge < -0.3 is 5.73 Å². The fraction of sp³-hybridized carbons (Fsp3) is 0.259. The summed E-state index contributed by atoms with van der Waals surface area (Å²) < 4.78 is 0. The Balaban J connectivity index is 1.33. The second-order valence-corrected chi connectivity index (χ2v) is 7.70. The van der Waals surface area contributed by atoms with Gasteiger partial charge in [0.15, 0.2) is 5.78 Å². The van der Waals surface area contributed by atoms with Gasteiger partial charge in [0, 0.05) is 30.5 Å². The van der Waals surface area contributed by atoms with Crippen LogP contribution in [0.3, 0.4) is 0 Å². The molecule has 0 bridgehead atoms. The fourth-order valence-corrected chi connectivity index (χ4v) is 3.58. The first-order valence-corrected chi connectivity index (χ1v) is 10.7. The van der Waals surface area contributed by atoms with E-state index in [-0.39, 0.29) is 11.6 Å². The first kappa shape index (κ1) is 21.5. The van der Waals surface area contributed by atoms with Gasteiger partial charge in [-0.05, 0) is 35.6 Å². The quantitative estimate of drug-likeness (QED) is 0.235. The molecule has 3 aromatic carbocycles. The Bertz CT molecular complexity index is 962. The smallest absolute Gasteiger partial charge is 0.162 e. The molecule has 0 radical (unpaired) electrons. The van der Waals surface area contributed by atoms with E-state index in [9.17, 15) is 9.59 Å². The average Bonchev–Trinajstić information content (AvgIpc) is 2.78. The summed E-state index contributed by atoms with van der Waals surface area (Å²) in [6.07, 6.45) is 5.20. The first-order chi connectivity index (χ1) is 14.6. The van der Waals surface area contributed by atoms with Gasteiger partial charge in [-0.2, -0.15) is 0 Å². The Hall–Kier alpha value is -3.20. The lowest BCUT2D eigenvalue weighted by atomic mass is 9.99. The Labute approximate surface area is 178 Å². The van der Waals surface area contributed by atoms with Crippen molar-refractivity contribution in [2.45, 2.75) is 44.9 Å². The van der Waals surface area contributed by atoms with Crippen LogP contribution >= 0.6 is 0 Å². The normalized spacial score (nSPS) is 10.7. The van der Waals surface area contributed by atoms with E-state index in [0.717, 1.165) is 47.9 Å². The molecule has 0 spiro atoms. The molecule has 0 aromatic heterocycles. The number of carbonyl (C=O) groups is 2. The molecule has 30 heavy (non-hydrogen) atoms. The molecule has 0 atom stereocenters. The SMILES string of the molecule is Nc1ccccc1CC(=O)CCCCCCC(=O)c1ccc(-c2ccccc2)cc1. The molecular formula is C27H29NO2. The average molecular weight is 400 g/mol. The summed E-state index contributed by atoms with van der Waals surface area (Å²) in [5.41, 5.74) is 10.5. The largest absolute Gasteiger partial charge is 0.398 e. The van der Waals surface area contributed by atoms with E-state index < -0.39 is 0 Å². The zero-order valence-corrected chi connectivity index (χ0v) is 17.3. The number of hydrogen-bond donors (Lipinski definition) is 1. The lowest BCUT2D eigenvalue weighted by molar-refractivity contribution is -0.118. The van der Waals surface area contributed by atoms with Crippen molar-refractivity contribution in [1.82, 2.24) is 0 Å². The number of anilines is 1. The van der Waals surface area contributed by atoms with Crippen LogP contribution in [0.2, 0.25) is 0 Å². The minimum atomic E-state index is 0.185. The molecule has 3 heteroatoms. The maximum atomic E-state index is 12.4. The highest BCUT2D eigenvalue weighted by molar-refractivity contribution is 5.96. The second-order valence-electron chi connectivity index (χ2n) is 7.70. The van der Waals surface area contributed by atoms with Gasteiger partial charge in [-0.3, -0.25) is 9.59 Å². The number of hydrogen-bond acceptors (Lipinski definition) is 3. The van der Waals surface area contributed by atoms with Gasteiger partial charge in [0.2, 0.25) is 0 Å². The number of carbonyl (C=O) groups excluding carboxylic acids is 2. The first-order valence-electron chi connectivity index (χ1n) is 10.7. The molecule has 0 aliphatic rings. The Morgan fingerprint density at radius 1 is 0.633 bits per heavy atom. The van der Waals surface area contributed by atoms with Crippen LogP contribution in [0.5, 0.6) is 0 Å². The summed E-state index contributed by atoms with van der Waals surface area (Å²) in [6.45, 7) is 0. The third kappa shape index (κ3) is 6.41. The number of rotatable bonds is 11. The summed E-state index contributed by atoms with van der Waals surface area (Å²) in [5.74, 6) is 0.410. The molecule has 0 fully saturated rings. The van der Waals surface area contributed by atoms with Crippen molar-refractivity contribution in [2.24, 2.45) is 0 Å². The monoisotopic (exact) mass is 399 g/mol. The van der Waals surface area contributed by atoms with Crippen LogP contribution in [0.15, 0.2) is 78.9 Å². The van der Waals surface area contributed by atoms with Crippen molar-refractivity contribution in [3.05, 3.63) is 90.0 Å². The van der Waals surface area contributed by atoms with Gasteiger partial charge in [-0.25, -0.2) is 0 Å². The van der Waals surface area contributed by atoms with Crippen molar-refractivity contribution in [1.29, 1.82) is 0 Å². The van der Waals surface area contributed by atoms with Crippen LogP contribution in [0.4, 0.5) is 5.69 Å². The summed E-state index contributed by atoms with van der Waals surface area (Å²) in [5, 5.41) is 0. The Morgan fingerprint density at radius 2 is 1.23 bits per heavy atom. The van der Waals surface area contributed by atoms with Crippen LogP contribution in [-0.4, -0.2) is 11.6 Å². The molecule has 0 heterocycles. The number of Topliss-reactive ketones (excluding diaryl/α,β-unsaturated/α-hetero) is 2. The van der Waals surface area contributed by atoms with Crippen molar-refractivity contribution >= 4 is 17.3 Å². The molecular weight excluding hydrogens is 370 g/mol. The van der Waals surface area contributed by atoms with Crippen LogP contribution in [-0.2, 0) is 11.2 Å². The number of benzene rings is 3. The van der Waals surface area contributed by atoms with Crippen molar-refractivity contribution in [3.63, 3.8) is 0 Å². The number of para-hydroxylation sites is 1. The molecule has 0 aliphatic heterocycles. The second kappa shape index (κ2) is 11.1. The van der Waals surface area contributed by atoms with E-state index in [4.69, 9.17) is 5.73 Å². The van der Waals surface area contributed by atoms with E-state index in [0.29, 0.717) is 24.9 Å². The van der Waals surface area contributed by atoms with Crippen molar-refractivity contribution in [2.75, 3.05) is 5.73 Å². The lowest BCUT2D eigenvalue weighted by Crippen LogP contribution is -2.05. The number of unbranched alkanes of at least 4 members (excludes halogenated alkanes) is 3. The Kier molecular flexibility index (Phi) is 7.96.